The number of hydrogen-bond acceptors (Lipinski definition) is 2. The van der Waals surface area contributed by atoms with Crippen LogP contribution < -0.4 is 10.6 Å². The Balaban J connectivity index is 0.00000364. The van der Waals surface area contributed by atoms with Crippen molar-refractivity contribution in [1.29, 1.82) is 0 Å². The van der Waals surface area contributed by atoms with E-state index in [4.69, 9.17) is 11.6 Å². The highest BCUT2D eigenvalue weighted by atomic mass is 127. The van der Waals surface area contributed by atoms with Gasteiger partial charge in [0.2, 0.25) is 0 Å². The molecule has 1 aliphatic heterocycles. The van der Waals surface area contributed by atoms with Crippen molar-refractivity contribution in [3.05, 3.63) is 34.9 Å². The maximum absolute atomic E-state index is 12.5. The average Bonchev–Trinajstić information content (AvgIpc) is 3.00. The van der Waals surface area contributed by atoms with Gasteiger partial charge in [0.05, 0.1) is 6.54 Å². The second-order valence-electron chi connectivity index (χ2n) is 6.49. The standard InChI is InChI=1S/C18H26ClF3N4.HI/c1-2-23-17(24-9-7-15-5-3-4-6-16(15)19)25-11-14-8-10-26(12-14)13-18(20,21)22;/h3-6,14H,2,7-13H2,1H3,(H2,23,24,25);1H. The van der Waals surface area contributed by atoms with E-state index in [1.165, 1.54) is 4.90 Å². The van der Waals surface area contributed by atoms with Crippen molar-refractivity contribution in [3.8, 4) is 0 Å². The van der Waals surface area contributed by atoms with Gasteiger partial charge in [-0.1, -0.05) is 29.8 Å². The first-order chi connectivity index (χ1) is 12.4. The molecule has 27 heavy (non-hydrogen) atoms. The summed E-state index contributed by atoms with van der Waals surface area (Å²) < 4.78 is 37.4. The lowest BCUT2D eigenvalue weighted by molar-refractivity contribution is -0.143. The summed E-state index contributed by atoms with van der Waals surface area (Å²) in [6.45, 7) is 4.01. The summed E-state index contributed by atoms with van der Waals surface area (Å²) in [4.78, 5) is 5.99. The number of halogens is 5. The first kappa shape index (κ1) is 24.3. The third-order valence-corrected chi connectivity index (χ3v) is 4.64. The molecule has 1 saturated heterocycles. The molecule has 2 rings (SSSR count). The van der Waals surface area contributed by atoms with Crippen LogP contribution >= 0.6 is 35.6 Å². The van der Waals surface area contributed by atoms with E-state index in [1.54, 1.807) is 0 Å². The molecule has 0 saturated carbocycles. The molecule has 1 fully saturated rings. The van der Waals surface area contributed by atoms with Gasteiger partial charge in [-0.05, 0) is 43.9 Å². The molecule has 1 aromatic rings. The lowest BCUT2D eigenvalue weighted by Crippen LogP contribution is -2.39. The van der Waals surface area contributed by atoms with Gasteiger partial charge in [0, 0.05) is 31.2 Å². The van der Waals surface area contributed by atoms with Crippen molar-refractivity contribution in [3.63, 3.8) is 0 Å². The number of alkyl halides is 3. The summed E-state index contributed by atoms with van der Waals surface area (Å²) in [5.41, 5.74) is 1.07. The zero-order chi connectivity index (χ0) is 19.0. The predicted molar refractivity (Wildman–Crippen MR) is 115 cm³/mol. The largest absolute Gasteiger partial charge is 0.401 e. The molecular weight excluding hydrogens is 492 g/mol. The minimum Gasteiger partial charge on any atom is -0.357 e. The molecule has 0 bridgehead atoms. The van der Waals surface area contributed by atoms with Crippen molar-refractivity contribution < 1.29 is 13.2 Å². The summed E-state index contributed by atoms with van der Waals surface area (Å²) >= 11 is 6.15. The number of nitrogens with zero attached hydrogens (tertiary/aromatic N) is 2. The van der Waals surface area contributed by atoms with E-state index < -0.39 is 12.7 Å². The Bertz CT molecular complexity index is 598. The second-order valence-corrected chi connectivity index (χ2v) is 6.90. The van der Waals surface area contributed by atoms with Crippen LogP contribution in [0.15, 0.2) is 29.3 Å². The summed E-state index contributed by atoms with van der Waals surface area (Å²) in [6.07, 6.45) is -2.61. The van der Waals surface area contributed by atoms with Crippen LogP contribution in [0, 0.1) is 5.92 Å². The molecule has 9 heteroatoms. The van der Waals surface area contributed by atoms with Gasteiger partial charge in [-0.25, -0.2) is 0 Å². The molecule has 0 amide bonds. The van der Waals surface area contributed by atoms with Gasteiger partial charge < -0.3 is 10.6 Å². The lowest BCUT2D eigenvalue weighted by Gasteiger charge is -2.17. The third kappa shape index (κ3) is 9.34. The number of nitrogens with one attached hydrogen (secondary N) is 2. The first-order valence-corrected chi connectivity index (χ1v) is 9.30. The fourth-order valence-electron chi connectivity index (χ4n) is 3.04. The Morgan fingerprint density at radius 3 is 2.70 bits per heavy atom. The van der Waals surface area contributed by atoms with Gasteiger partial charge in [-0.3, -0.25) is 9.89 Å². The van der Waals surface area contributed by atoms with Crippen LogP contribution in [0.5, 0.6) is 0 Å². The zero-order valence-corrected chi connectivity index (χ0v) is 18.4. The smallest absolute Gasteiger partial charge is 0.357 e. The maximum Gasteiger partial charge on any atom is 0.401 e. The van der Waals surface area contributed by atoms with Crippen LogP contribution in [0.4, 0.5) is 13.2 Å². The molecule has 1 atom stereocenters. The number of aliphatic imine (C=N–C) groups is 1. The highest BCUT2D eigenvalue weighted by Gasteiger charge is 2.34. The molecule has 1 unspecified atom stereocenters. The van der Waals surface area contributed by atoms with Gasteiger partial charge in [0.15, 0.2) is 5.96 Å². The Morgan fingerprint density at radius 1 is 1.30 bits per heavy atom. The van der Waals surface area contributed by atoms with Gasteiger partial charge in [0.1, 0.15) is 0 Å². The molecule has 1 aromatic carbocycles. The highest BCUT2D eigenvalue weighted by molar-refractivity contribution is 14.0. The molecular formula is C18H27ClF3IN4. The Kier molecular flexibility index (Phi) is 10.8. The van der Waals surface area contributed by atoms with E-state index >= 15 is 0 Å². The minimum atomic E-state index is -4.13. The number of rotatable bonds is 7. The molecule has 0 aliphatic carbocycles. The van der Waals surface area contributed by atoms with Crippen molar-refractivity contribution in [2.24, 2.45) is 10.9 Å². The topological polar surface area (TPSA) is 39.7 Å². The van der Waals surface area contributed by atoms with E-state index in [0.29, 0.717) is 32.1 Å². The molecule has 1 aliphatic rings. The normalized spacial score (nSPS) is 18.3. The fourth-order valence-corrected chi connectivity index (χ4v) is 3.27. The van der Waals surface area contributed by atoms with Crippen molar-refractivity contribution in [2.75, 3.05) is 39.3 Å². The third-order valence-electron chi connectivity index (χ3n) is 4.27. The molecule has 4 nitrogen and oxygen atoms in total. The molecule has 1 heterocycles. The number of benzene rings is 1. The Labute approximate surface area is 181 Å². The molecule has 2 N–H and O–H groups in total. The summed E-state index contributed by atoms with van der Waals surface area (Å²) in [5, 5.41) is 7.17. The van der Waals surface area contributed by atoms with Crippen LogP contribution in [0.25, 0.3) is 0 Å². The number of hydrogen-bond donors (Lipinski definition) is 2. The summed E-state index contributed by atoms with van der Waals surface area (Å²) in [5.74, 6) is 0.852. The quantitative estimate of drug-likeness (QED) is 0.326. The zero-order valence-electron chi connectivity index (χ0n) is 15.4. The molecule has 154 valence electrons. The van der Waals surface area contributed by atoms with Crippen molar-refractivity contribution in [2.45, 2.75) is 25.9 Å². The van der Waals surface area contributed by atoms with Gasteiger partial charge in [-0.15, -0.1) is 24.0 Å². The average molecular weight is 519 g/mol. The molecule has 0 aromatic heterocycles. The Morgan fingerprint density at radius 2 is 2.04 bits per heavy atom. The van der Waals surface area contributed by atoms with E-state index in [2.05, 4.69) is 15.6 Å². The first-order valence-electron chi connectivity index (χ1n) is 8.92. The summed E-state index contributed by atoms with van der Waals surface area (Å²) in [7, 11) is 0. The van der Waals surface area contributed by atoms with Crippen molar-refractivity contribution >= 4 is 41.5 Å². The summed E-state index contributed by atoms with van der Waals surface area (Å²) in [6, 6.07) is 7.70. The van der Waals surface area contributed by atoms with E-state index in [9.17, 15) is 13.2 Å². The van der Waals surface area contributed by atoms with Crippen LogP contribution in [-0.2, 0) is 6.42 Å². The predicted octanol–water partition coefficient (Wildman–Crippen LogP) is 3.94. The van der Waals surface area contributed by atoms with Crippen LogP contribution in [-0.4, -0.2) is 56.3 Å². The second kappa shape index (κ2) is 12.0. The fraction of sp³-hybridized carbons (Fsp3) is 0.611. The highest BCUT2D eigenvalue weighted by Crippen LogP contribution is 2.22. The van der Waals surface area contributed by atoms with E-state index in [1.807, 2.05) is 31.2 Å². The van der Waals surface area contributed by atoms with Crippen LogP contribution in [0.3, 0.4) is 0 Å². The monoisotopic (exact) mass is 518 g/mol. The van der Waals surface area contributed by atoms with Crippen molar-refractivity contribution in [1.82, 2.24) is 15.5 Å². The number of guanidine groups is 1. The van der Waals surface area contributed by atoms with Gasteiger partial charge in [0.25, 0.3) is 0 Å². The van der Waals surface area contributed by atoms with E-state index in [0.717, 1.165) is 30.0 Å². The number of likely N-dealkylation sites (tertiary alicyclic amines) is 1. The van der Waals surface area contributed by atoms with Gasteiger partial charge in [-0.2, -0.15) is 13.2 Å². The SMILES string of the molecule is CCNC(=NCC1CCN(CC(F)(F)F)C1)NCCc1ccccc1Cl.I. The molecule has 0 radical (unpaired) electrons. The lowest BCUT2D eigenvalue weighted by atomic mass is 10.1. The van der Waals surface area contributed by atoms with Gasteiger partial charge >= 0.3 is 6.18 Å². The van der Waals surface area contributed by atoms with Crippen LogP contribution in [0.1, 0.15) is 18.9 Å². The van der Waals surface area contributed by atoms with Crippen LogP contribution in [0.2, 0.25) is 5.02 Å². The molecule has 0 spiro atoms. The Hall–Kier alpha value is -0.740. The minimum absolute atomic E-state index is 0. The van der Waals surface area contributed by atoms with E-state index in [-0.39, 0.29) is 29.9 Å². The maximum atomic E-state index is 12.5.